The second kappa shape index (κ2) is 9.41. The van der Waals surface area contributed by atoms with Gasteiger partial charge in [-0.05, 0) is 43.7 Å². The molecule has 0 saturated heterocycles. The van der Waals surface area contributed by atoms with Crippen LogP contribution in [0, 0.1) is 13.8 Å². The van der Waals surface area contributed by atoms with Gasteiger partial charge in [0.2, 0.25) is 5.91 Å². The second-order valence-corrected chi connectivity index (χ2v) is 8.44. The van der Waals surface area contributed by atoms with E-state index in [9.17, 15) is 4.79 Å². The summed E-state index contributed by atoms with van der Waals surface area (Å²) in [6.07, 6.45) is 1.64. The number of carbonyl (C=O) groups is 1. The first-order valence-electron chi connectivity index (χ1n) is 9.71. The third-order valence-corrected chi connectivity index (χ3v) is 6.17. The van der Waals surface area contributed by atoms with E-state index in [2.05, 4.69) is 15.5 Å². The van der Waals surface area contributed by atoms with Crippen molar-refractivity contribution in [2.45, 2.75) is 25.5 Å². The topological polar surface area (TPSA) is 73.0 Å². The van der Waals surface area contributed by atoms with Crippen LogP contribution in [0.15, 0.2) is 70.4 Å². The van der Waals surface area contributed by atoms with Gasteiger partial charge < -0.3 is 9.73 Å². The van der Waals surface area contributed by atoms with Crippen molar-refractivity contribution in [1.82, 2.24) is 14.8 Å². The van der Waals surface area contributed by atoms with Crippen LogP contribution in [-0.4, -0.2) is 26.4 Å². The summed E-state index contributed by atoms with van der Waals surface area (Å²) in [5.41, 5.74) is 3.67. The number of aryl methyl sites for hydroxylation is 1. The van der Waals surface area contributed by atoms with Crippen molar-refractivity contribution < 1.29 is 9.21 Å². The number of hydrogen-bond donors (Lipinski definition) is 1. The molecule has 0 aliphatic rings. The van der Waals surface area contributed by atoms with E-state index in [1.807, 2.05) is 66.9 Å². The van der Waals surface area contributed by atoms with E-state index in [0.717, 1.165) is 22.7 Å². The van der Waals surface area contributed by atoms with Crippen LogP contribution in [0.3, 0.4) is 0 Å². The Hall–Kier alpha value is -3.03. The van der Waals surface area contributed by atoms with E-state index in [1.165, 1.54) is 17.3 Å². The van der Waals surface area contributed by atoms with Crippen LogP contribution in [-0.2, 0) is 11.3 Å². The number of anilines is 1. The van der Waals surface area contributed by atoms with Gasteiger partial charge in [0.15, 0.2) is 11.0 Å². The van der Waals surface area contributed by atoms with Crippen molar-refractivity contribution in [2.75, 3.05) is 11.1 Å². The van der Waals surface area contributed by atoms with Gasteiger partial charge in [0.05, 0.1) is 18.6 Å². The van der Waals surface area contributed by atoms with E-state index in [-0.39, 0.29) is 11.7 Å². The molecule has 0 radical (unpaired) electrons. The van der Waals surface area contributed by atoms with Crippen LogP contribution in [0.1, 0.15) is 16.9 Å². The molecule has 1 N–H and O–H groups in total. The predicted molar refractivity (Wildman–Crippen MR) is 124 cm³/mol. The summed E-state index contributed by atoms with van der Waals surface area (Å²) < 4.78 is 7.49. The lowest BCUT2D eigenvalue weighted by molar-refractivity contribution is -0.113. The first-order valence-corrected chi connectivity index (χ1v) is 11.1. The zero-order valence-electron chi connectivity index (χ0n) is 17.1. The van der Waals surface area contributed by atoms with Gasteiger partial charge in [-0.2, -0.15) is 0 Å². The minimum Gasteiger partial charge on any atom is -0.467 e. The summed E-state index contributed by atoms with van der Waals surface area (Å²) in [6, 6.07) is 17.3. The van der Waals surface area contributed by atoms with E-state index in [0.29, 0.717) is 22.4 Å². The molecule has 2 heterocycles. The zero-order chi connectivity index (χ0) is 21.8. The minimum atomic E-state index is -0.139. The van der Waals surface area contributed by atoms with Crippen LogP contribution < -0.4 is 5.32 Å². The first kappa shape index (κ1) is 21.2. The number of rotatable bonds is 7. The number of nitrogens with zero attached hydrogens (tertiary/aromatic N) is 3. The Morgan fingerprint density at radius 2 is 1.90 bits per heavy atom. The molecule has 0 aliphatic heterocycles. The maximum Gasteiger partial charge on any atom is 0.234 e. The van der Waals surface area contributed by atoms with Crippen LogP contribution in [0.2, 0.25) is 5.02 Å². The van der Waals surface area contributed by atoms with Gasteiger partial charge in [0.1, 0.15) is 5.76 Å². The smallest absolute Gasteiger partial charge is 0.234 e. The van der Waals surface area contributed by atoms with Gasteiger partial charge in [-0.25, -0.2) is 0 Å². The van der Waals surface area contributed by atoms with Crippen LogP contribution in [0.25, 0.3) is 11.4 Å². The molecule has 0 aliphatic carbocycles. The van der Waals surface area contributed by atoms with Gasteiger partial charge in [0.25, 0.3) is 0 Å². The fraction of sp³-hybridized carbons (Fsp3) is 0.174. The molecule has 158 valence electrons. The second-order valence-electron chi connectivity index (χ2n) is 7.09. The third kappa shape index (κ3) is 5.00. The molecule has 2 aromatic carbocycles. The summed E-state index contributed by atoms with van der Waals surface area (Å²) in [7, 11) is 0. The summed E-state index contributed by atoms with van der Waals surface area (Å²) in [5, 5.41) is 12.9. The number of halogens is 1. The Morgan fingerprint density at radius 1 is 1.10 bits per heavy atom. The normalized spacial score (nSPS) is 10.9. The molecule has 0 bridgehead atoms. The number of nitrogens with one attached hydrogen (secondary N) is 1. The Labute approximate surface area is 189 Å². The first-order chi connectivity index (χ1) is 15.0. The quantitative estimate of drug-likeness (QED) is 0.370. The lowest BCUT2D eigenvalue weighted by Crippen LogP contribution is -2.15. The van der Waals surface area contributed by atoms with Crippen molar-refractivity contribution in [3.05, 3.63) is 82.8 Å². The number of amides is 1. The molecule has 31 heavy (non-hydrogen) atoms. The highest BCUT2D eigenvalue weighted by Gasteiger charge is 2.17. The Kier molecular flexibility index (Phi) is 6.44. The van der Waals surface area contributed by atoms with Crippen molar-refractivity contribution in [1.29, 1.82) is 0 Å². The van der Waals surface area contributed by atoms with E-state index >= 15 is 0 Å². The Balaban J connectivity index is 1.54. The van der Waals surface area contributed by atoms with Crippen molar-refractivity contribution in [3.8, 4) is 11.4 Å². The number of hydrogen-bond acceptors (Lipinski definition) is 5. The summed E-state index contributed by atoms with van der Waals surface area (Å²) >= 11 is 7.47. The van der Waals surface area contributed by atoms with E-state index in [1.54, 1.807) is 12.3 Å². The van der Waals surface area contributed by atoms with Gasteiger partial charge in [-0.15, -0.1) is 10.2 Å². The van der Waals surface area contributed by atoms with Gasteiger partial charge in [0, 0.05) is 16.3 Å². The predicted octanol–water partition coefficient (Wildman–Crippen LogP) is 5.59. The summed E-state index contributed by atoms with van der Waals surface area (Å²) in [6.45, 7) is 4.39. The van der Waals surface area contributed by atoms with E-state index in [4.69, 9.17) is 16.0 Å². The Bertz CT molecular complexity index is 1190. The van der Waals surface area contributed by atoms with Crippen molar-refractivity contribution in [3.63, 3.8) is 0 Å². The molecule has 1 amide bonds. The highest BCUT2D eigenvalue weighted by molar-refractivity contribution is 7.99. The van der Waals surface area contributed by atoms with Crippen molar-refractivity contribution in [2.24, 2.45) is 0 Å². The number of benzene rings is 2. The highest BCUT2D eigenvalue weighted by atomic mass is 35.5. The molecule has 4 rings (SSSR count). The number of furan rings is 1. The van der Waals surface area contributed by atoms with Crippen molar-refractivity contribution >= 4 is 35.0 Å². The van der Waals surface area contributed by atoms with Crippen LogP contribution >= 0.6 is 23.4 Å². The fourth-order valence-electron chi connectivity index (χ4n) is 3.07. The molecule has 0 saturated carbocycles. The molecule has 0 unspecified atom stereocenters. The molecule has 0 fully saturated rings. The molecule has 0 atom stereocenters. The van der Waals surface area contributed by atoms with Gasteiger partial charge in [-0.1, -0.05) is 59.3 Å². The molecular weight excluding hydrogens is 432 g/mol. The fourth-order valence-corrected chi connectivity index (χ4v) is 3.98. The number of carbonyl (C=O) groups excluding carboxylic acids is 1. The Morgan fingerprint density at radius 3 is 2.65 bits per heavy atom. The van der Waals surface area contributed by atoms with Crippen LogP contribution in [0.5, 0.6) is 0 Å². The van der Waals surface area contributed by atoms with E-state index < -0.39 is 0 Å². The summed E-state index contributed by atoms with van der Waals surface area (Å²) in [5.74, 6) is 1.56. The zero-order valence-corrected chi connectivity index (χ0v) is 18.7. The molecule has 4 aromatic rings. The SMILES string of the molecule is Cc1ccc(-c2nnc(SCC(=O)Nc3cccc(Cl)c3C)n2Cc2ccco2)cc1. The maximum atomic E-state index is 12.5. The van der Waals surface area contributed by atoms with Crippen LogP contribution in [0.4, 0.5) is 5.69 Å². The average Bonchev–Trinajstić information content (AvgIpc) is 3.41. The average molecular weight is 453 g/mol. The molecule has 0 spiro atoms. The molecule has 6 nitrogen and oxygen atoms in total. The highest BCUT2D eigenvalue weighted by Crippen LogP contribution is 2.27. The lowest BCUT2D eigenvalue weighted by Gasteiger charge is -2.11. The minimum absolute atomic E-state index is 0.139. The van der Waals surface area contributed by atoms with Gasteiger partial charge in [-0.3, -0.25) is 9.36 Å². The number of thioether (sulfide) groups is 1. The largest absolute Gasteiger partial charge is 0.467 e. The lowest BCUT2D eigenvalue weighted by atomic mass is 10.1. The standard InChI is InChI=1S/C23H21ClN4O2S/c1-15-8-10-17(11-9-15)22-26-27-23(28(22)13-18-5-4-12-30-18)31-14-21(29)25-20-7-3-6-19(24)16(20)2/h3-12H,13-14H2,1-2H3,(H,25,29). The molecule has 8 heteroatoms. The van der Waals surface area contributed by atoms with Gasteiger partial charge >= 0.3 is 0 Å². The monoisotopic (exact) mass is 452 g/mol. The molecule has 2 aromatic heterocycles. The molecular formula is C23H21ClN4O2S. The number of aromatic nitrogens is 3. The maximum absolute atomic E-state index is 12.5. The summed E-state index contributed by atoms with van der Waals surface area (Å²) in [4.78, 5) is 12.5. The third-order valence-electron chi connectivity index (χ3n) is 4.79.